The van der Waals surface area contributed by atoms with Crippen LogP contribution in [0.2, 0.25) is 0 Å². The zero-order valence-corrected chi connectivity index (χ0v) is 12.9. The molecule has 1 aliphatic carbocycles. The van der Waals surface area contributed by atoms with Gasteiger partial charge in [0.05, 0.1) is 5.60 Å². The van der Waals surface area contributed by atoms with E-state index in [4.69, 9.17) is 4.74 Å². The summed E-state index contributed by atoms with van der Waals surface area (Å²) in [4.78, 5) is 0. The van der Waals surface area contributed by atoms with Crippen molar-refractivity contribution in [2.75, 3.05) is 25.2 Å². The molecule has 2 rings (SSSR count). The Morgan fingerprint density at radius 1 is 1.44 bits per heavy atom. The fourth-order valence-corrected chi connectivity index (χ4v) is 3.90. The van der Waals surface area contributed by atoms with Gasteiger partial charge in [0, 0.05) is 12.6 Å². The standard InChI is InChI=1S/C15H29NOS/c1-3-9-16-14(6-11-18-2)13-5-10-17-15(12-13)7-4-8-15/h13-14,16H,3-12H2,1-2H3. The third-order valence-electron chi connectivity index (χ3n) is 4.65. The Kier molecular flexibility index (Phi) is 5.84. The maximum atomic E-state index is 6.06. The highest BCUT2D eigenvalue weighted by Gasteiger charge is 2.43. The van der Waals surface area contributed by atoms with Crippen LogP contribution in [-0.4, -0.2) is 36.8 Å². The SMILES string of the molecule is CCCNC(CCSC)C1CCOC2(CCC2)C1. The zero-order valence-electron chi connectivity index (χ0n) is 12.0. The van der Waals surface area contributed by atoms with E-state index in [-0.39, 0.29) is 0 Å². The van der Waals surface area contributed by atoms with Gasteiger partial charge in [0.1, 0.15) is 0 Å². The fourth-order valence-electron chi connectivity index (χ4n) is 3.41. The molecule has 2 aliphatic rings. The first-order valence-electron chi connectivity index (χ1n) is 7.66. The summed E-state index contributed by atoms with van der Waals surface area (Å²) in [7, 11) is 0. The van der Waals surface area contributed by atoms with Crippen molar-refractivity contribution >= 4 is 11.8 Å². The molecular formula is C15H29NOS. The van der Waals surface area contributed by atoms with Gasteiger partial charge in [-0.2, -0.15) is 11.8 Å². The molecule has 0 radical (unpaired) electrons. The molecule has 2 unspecified atom stereocenters. The minimum atomic E-state index is 0.300. The van der Waals surface area contributed by atoms with E-state index in [0.29, 0.717) is 5.60 Å². The van der Waals surface area contributed by atoms with Gasteiger partial charge < -0.3 is 10.1 Å². The highest BCUT2D eigenvalue weighted by atomic mass is 32.2. The molecule has 1 spiro atoms. The molecule has 0 aromatic carbocycles. The van der Waals surface area contributed by atoms with Crippen LogP contribution in [0.4, 0.5) is 0 Å². The van der Waals surface area contributed by atoms with E-state index in [1.165, 1.54) is 57.2 Å². The Morgan fingerprint density at radius 2 is 2.28 bits per heavy atom. The van der Waals surface area contributed by atoms with Crippen LogP contribution in [0.15, 0.2) is 0 Å². The predicted octanol–water partition coefficient (Wildman–Crippen LogP) is 3.46. The Hall–Kier alpha value is 0.270. The van der Waals surface area contributed by atoms with Crippen molar-refractivity contribution in [1.29, 1.82) is 0 Å². The van der Waals surface area contributed by atoms with Crippen molar-refractivity contribution in [3.05, 3.63) is 0 Å². The summed E-state index contributed by atoms with van der Waals surface area (Å²) in [6.07, 6.45) is 11.4. The van der Waals surface area contributed by atoms with E-state index in [9.17, 15) is 0 Å². The minimum absolute atomic E-state index is 0.300. The van der Waals surface area contributed by atoms with Gasteiger partial charge in [-0.05, 0) is 69.4 Å². The average molecular weight is 271 g/mol. The summed E-state index contributed by atoms with van der Waals surface area (Å²) in [5, 5.41) is 3.79. The van der Waals surface area contributed by atoms with Gasteiger partial charge in [0.25, 0.3) is 0 Å². The molecule has 2 atom stereocenters. The van der Waals surface area contributed by atoms with E-state index in [2.05, 4.69) is 18.5 Å². The van der Waals surface area contributed by atoms with Gasteiger partial charge in [-0.3, -0.25) is 0 Å². The second-order valence-electron chi connectivity index (χ2n) is 5.98. The monoisotopic (exact) mass is 271 g/mol. The van der Waals surface area contributed by atoms with Crippen molar-refractivity contribution in [3.63, 3.8) is 0 Å². The Morgan fingerprint density at radius 3 is 2.89 bits per heavy atom. The molecule has 0 amide bonds. The lowest BCUT2D eigenvalue weighted by atomic mass is 9.70. The first kappa shape index (κ1) is 14.7. The molecule has 3 heteroatoms. The molecule has 106 valence electrons. The van der Waals surface area contributed by atoms with Crippen LogP contribution in [0.3, 0.4) is 0 Å². The molecule has 1 N–H and O–H groups in total. The second kappa shape index (κ2) is 7.16. The normalized spacial score (nSPS) is 28.0. The van der Waals surface area contributed by atoms with Gasteiger partial charge in [-0.25, -0.2) is 0 Å². The zero-order chi connectivity index (χ0) is 12.8. The average Bonchev–Trinajstić information content (AvgIpc) is 2.37. The molecule has 2 fully saturated rings. The lowest BCUT2D eigenvalue weighted by molar-refractivity contribution is -0.147. The maximum Gasteiger partial charge on any atom is 0.0685 e. The van der Waals surface area contributed by atoms with Crippen LogP contribution < -0.4 is 5.32 Å². The molecule has 1 saturated heterocycles. The summed E-state index contributed by atoms with van der Waals surface area (Å²) >= 11 is 1.98. The molecule has 1 heterocycles. The van der Waals surface area contributed by atoms with Crippen molar-refractivity contribution in [3.8, 4) is 0 Å². The second-order valence-corrected chi connectivity index (χ2v) is 6.97. The van der Waals surface area contributed by atoms with Crippen molar-refractivity contribution < 1.29 is 4.74 Å². The predicted molar refractivity (Wildman–Crippen MR) is 80.3 cm³/mol. The lowest BCUT2D eigenvalue weighted by Gasteiger charge is -2.49. The van der Waals surface area contributed by atoms with Crippen LogP contribution in [0.1, 0.15) is 51.9 Å². The van der Waals surface area contributed by atoms with Crippen LogP contribution in [0, 0.1) is 5.92 Å². The number of ether oxygens (including phenoxy) is 1. The van der Waals surface area contributed by atoms with Gasteiger partial charge in [0.15, 0.2) is 0 Å². The number of thioether (sulfide) groups is 1. The van der Waals surface area contributed by atoms with E-state index >= 15 is 0 Å². The highest BCUT2D eigenvalue weighted by Crippen LogP contribution is 2.45. The molecule has 0 bridgehead atoms. The molecule has 0 aromatic rings. The maximum absolute atomic E-state index is 6.06. The van der Waals surface area contributed by atoms with Crippen LogP contribution in [0.5, 0.6) is 0 Å². The first-order chi connectivity index (χ1) is 8.79. The number of rotatable bonds is 7. The first-order valence-corrected chi connectivity index (χ1v) is 9.05. The number of hydrogen-bond acceptors (Lipinski definition) is 3. The Balaban J connectivity index is 1.86. The van der Waals surface area contributed by atoms with Crippen molar-refractivity contribution in [2.45, 2.75) is 63.5 Å². The highest BCUT2D eigenvalue weighted by molar-refractivity contribution is 7.98. The van der Waals surface area contributed by atoms with Crippen molar-refractivity contribution in [2.24, 2.45) is 5.92 Å². The smallest absolute Gasteiger partial charge is 0.0685 e. The Labute approximate surface area is 117 Å². The molecule has 1 saturated carbocycles. The van der Waals surface area contributed by atoms with Crippen LogP contribution in [0.25, 0.3) is 0 Å². The molecule has 1 aliphatic heterocycles. The largest absolute Gasteiger partial charge is 0.375 e. The summed E-state index contributed by atoms with van der Waals surface area (Å²) in [6.45, 7) is 4.42. The number of nitrogens with one attached hydrogen (secondary N) is 1. The van der Waals surface area contributed by atoms with Gasteiger partial charge in [-0.15, -0.1) is 0 Å². The lowest BCUT2D eigenvalue weighted by Crippen LogP contribution is -2.50. The minimum Gasteiger partial charge on any atom is -0.375 e. The molecule has 0 aromatic heterocycles. The van der Waals surface area contributed by atoms with Gasteiger partial charge >= 0.3 is 0 Å². The molecule has 2 nitrogen and oxygen atoms in total. The van der Waals surface area contributed by atoms with E-state index in [0.717, 1.165) is 18.6 Å². The fraction of sp³-hybridized carbons (Fsp3) is 1.00. The quantitative estimate of drug-likeness (QED) is 0.766. The topological polar surface area (TPSA) is 21.3 Å². The van der Waals surface area contributed by atoms with E-state index in [1.54, 1.807) is 0 Å². The van der Waals surface area contributed by atoms with E-state index in [1.807, 2.05) is 11.8 Å². The third-order valence-corrected chi connectivity index (χ3v) is 5.30. The van der Waals surface area contributed by atoms with Crippen molar-refractivity contribution in [1.82, 2.24) is 5.32 Å². The van der Waals surface area contributed by atoms with Crippen LogP contribution >= 0.6 is 11.8 Å². The van der Waals surface area contributed by atoms with Gasteiger partial charge in [0.2, 0.25) is 0 Å². The third kappa shape index (κ3) is 3.64. The summed E-state index contributed by atoms with van der Waals surface area (Å²) in [5.74, 6) is 2.13. The van der Waals surface area contributed by atoms with Crippen LogP contribution in [-0.2, 0) is 4.74 Å². The summed E-state index contributed by atoms with van der Waals surface area (Å²) < 4.78 is 6.06. The molecular weight excluding hydrogens is 242 g/mol. The van der Waals surface area contributed by atoms with E-state index < -0.39 is 0 Å². The molecule has 18 heavy (non-hydrogen) atoms. The Bertz CT molecular complexity index is 235. The summed E-state index contributed by atoms with van der Waals surface area (Å²) in [6, 6.07) is 0.721. The summed E-state index contributed by atoms with van der Waals surface area (Å²) in [5.41, 5.74) is 0.300. The number of hydrogen-bond donors (Lipinski definition) is 1. The van der Waals surface area contributed by atoms with Gasteiger partial charge in [-0.1, -0.05) is 6.92 Å².